The van der Waals surface area contributed by atoms with Gasteiger partial charge < -0.3 is 20.3 Å². The molecule has 1 fully saturated rings. The third kappa shape index (κ3) is 2.58. The number of hydrogen-bond donors (Lipinski definition) is 1. The number of hydrogen-bond acceptors (Lipinski definition) is 4. The van der Waals surface area contributed by atoms with Crippen molar-refractivity contribution < 1.29 is 9.53 Å². The zero-order valence-corrected chi connectivity index (χ0v) is 12.6. The van der Waals surface area contributed by atoms with Crippen LogP contribution >= 0.6 is 0 Å². The van der Waals surface area contributed by atoms with E-state index in [1.807, 2.05) is 19.0 Å². The monoisotopic (exact) mass is 277 g/mol. The second-order valence-corrected chi connectivity index (χ2v) is 5.64. The Labute approximate surface area is 120 Å². The highest BCUT2D eigenvalue weighted by molar-refractivity contribution is 6.02. The van der Waals surface area contributed by atoms with Crippen molar-refractivity contribution in [2.75, 3.05) is 40.0 Å². The third-order valence-electron chi connectivity index (χ3n) is 4.02. The fourth-order valence-corrected chi connectivity index (χ4v) is 2.89. The van der Waals surface area contributed by atoms with Gasteiger partial charge in [0.15, 0.2) is 0 Å². The van der Waals surface area contributed by atoms with E-state index in [9.17, 15) is 4.79 Å². The first-order valence-corrected chi connectivity index (χ1v) is 6.84. The molecule has 0 spiro atoms. The number of methoxy groups -OCH3 is 1. The number of rotatable bonds is 3. The first kappa shape index (κ1) is 14.7. The van der Waals surface area contributed by atoms with Gasteiger partial charge in [-0.1, -0.05) is 13.0 Å². The molecular weight excluding hydrogens is 254 g/mol. The smallest absolute Gasteiger partial charge is 0.259 e. The Bertz CT molecular complexity index is 502. The minimum Gasteiger partial charge on any atom is -0.496 e. The molecule has 2 rings (SSSR count). The van der Waals surface area contributed by atoms with E-state index in [4.69, 9.17) is 10.5 Å². The number of likely N-dealkylation sites (tertiary alicyclic amines) is 1. The van der Waals surface area contributed by atoms with Crippen LogP contribution in [0.1, 0.15) is 17.3 Å². The Balaban J connectivity index is 2.25. The molecule has 5 nitrogen and oxygen atoms in total. The van der Waals surface area contributed by atoms with Gasteiger partial charge in [0.25, 0.3) is 5.91 Å². The summed E-state index contributed by atoms with van der Waals surface area (Å²) in [5.74, 6) is 0.942. The molecule has 1 aromatic rings. The van der Waals surface area contributed by atoms with Crippen molar-refractivity contribution in [2.45, 2.75) is 13.0 Å². The number of nitrogen functional groups attached to an aromatic ring is 1. The number of likely N-dealkylation sites (N-methyl/N-ethyl adjacent to an activating group) is 1. The summed E-state index contributed by atoms with van der Waals surface area (Å²) in [6.07, 6.45) is 0. The van der Waals surface area contributed by atoms with Gasteiger partial charge in [-0.3, -0.25) is 4.79 Å². The molecule has 0 radical (unpaired) electrons. The van der Waals surface area contributed by atoms with E-state index in [0.29, 0.717) is 29.0 Å². The van der Waals surface area contributed by atoms with Crippen LogP contribution in [-0.4, -0.2) is 56.0 Å². The van der Waals surface area contributed by atoms with Crippen molar-refractivity contribution in [2.24, 2.45) is 5.92 Å². The molecule has 1 heterocycles. The predicted molar refractivity (Wildman–Crippen MR) is 79.9 cm³/mol. The lowest BCUT2D eigenvalue weighted by Gasteiger charge is -2.22. The van der Waals surface area contributed by atoms with E-state index >= 15 is 0 Å². The highest BCUT2D eigenvalue weighted by Crippen LogP contribution is 2.29. The summed E-state index contributed by atoms with van der Waals surface area (Å²) in [6, 6.07) is 5.68. The van der Waals surface area contributed by atoms with Crippen LogP contribution in [0.4, 0.5) is 5.69 Å². The van der Waals surface area contributed by atoms with Crippen LogP contribution in [0.25, 0.3) is 0 Å². The maximum atomic E-state index is 12.7. The Morgan fingerprint density at radius 1 is 1.40 bits per heavy atom. The summed E-state index contributed by atoms with van der Waals surface area (Å²) >= 11 is 0. The second-order valence-electron chi connectivity index (χ2n) is 5.64. The summed E-state index contributed by atoms with van der Waals surface area (Å²) < 4.78 is 5.27. The Morgan fingerprint density at radius 2 is 2.10 bits per heavy atom. The van der Waals surface area contributed by atoms with E-state index in [-0.39, 0.29) is 5.91 Å². The Morgan fingerprint density at radius 3 is 2.65 bits per heavy atom. The van der Waals surface area contributed by atoms with E-state index in [2.05, 4.69) is 11.8 Å². The number of nitrogens with two attached hydrogens (primary N) is 1. The summed E-state index contributed by atoms with van der Waals surface area (Å²) in [6.45, 7) is 3.65. The third-order valence-corrected chi connectivity index (χ3v) is 4.02. The van der Waals surface area contributed by atoms with Gasteiger partial charge in [-0.2, -0.15) is 0 Å². The van der Waals surface area contributed by atoms with E-state index < -0.39 is 0 Å². The number of nitrogens with zero attached hydrogens (tertiary/aromatic N) is 2. The predicted octanol–water partition coefficient (Wildman–Crippen LogP) is 1.30. The minimum absolute atomic E-state index is 0.0452. The van der Waals surface area contributed by atoms with Gasteiger partial charge in [0.05, 0.1) is 7.11 Å². The van der Waals surface area contributed by atoms with E-state index in [1.165, 1.54) is 0 Å². The zero-order valence-electron chi connectivity index (χ0n) is 12.6. The van der Waals surface area contributed by atoms with Gasteiger partial charge in [-0.15, -0.1) is 0 Å². The standard InChI is InChI=1S/C15H23N3O2/c1-10-8-18(9-12(10)17(2)3)15(19)14-11(16)6-5-7-13(14)20-4/h5-7,10,12H,8-9,16H2,1-4H3. The molecule has 0 bridgehead atoms. The van der Waals surface area contributed by atoms with Crippen molar-refractivity contribution in [3.63, 3.8) is 0 Å². The van der Waals surface area contributed by atoms with Crippen LogP contribution in [0.3, 0.4) is 0 Å². The number of carbonyl (C=O) groups excluding carboxylic acids is 1. The van der Waals surface area contributed by atoms with Gasteiger partial charge in [0.2, 0.25) is 0 Å². The number of carbonyl (C=O) groups is 1. The topological polar surface area (TPSA) is 58.8 Å². The van der Waals surface area contributed by atoms with E-state index in [1.54, 1.807) is 25.3 Å². The molecule has 20 heavy (non-hydrogen) atoms. The van der Waals surface area contributed by atoms with Crippen LogP contribution in [-0.2, 0) is 0 Å². The maximum absolute atomic E-state index is 12.7. The fraction of sp³-hybridized carbons (Fsp3) is 0.533. The first-order chi connectivity index (χ1) is 9.45. The first-order valence-electron chi connectivity index (χ1n) is 6.84. The number of benzene rings is 1. The molecule has 0 saturated carbocycles. The zero-order chi connectivity index (χ0) is 14.9. The normalized spacial score (nSPS) is 22.4. The van der Waals surface area contributed by atoms with Crippen molar-refractivity contribution in [3.05, 3.63) is 23.8 Å². The number of ether oxygens (including phenoxy) is 1. The highest BCUT2D eigenvalue weighted by atomic mass is 16.5. The fourth-order valence-electron chi connectivity index (χ4n) is 2.89. The maximum Gasteiger partial charge on any atom is 0.259 e. The van der Waals surface area contributed by atoms with Gasteiger partial charge in [-0.05, 0) is 32.1 Å². The van der Waals surface area contributed by atoms with Gasteiger partial charge in [0, 0.05) is 24.8 Å². The van der Waals surface area contributed by atoms with E-state index in [0.717, 1.165) is 13.1 Å². The molecule has 5 heteroatoms. The molecule has 1 aliphatic heterocycles. The van der Waals surface area contributed by atoms with Gasteiger partial charge in [0.1, 0.15) is 11.3 Å². The molecule has 1 aromatic carbocycles. The van der Waals surface area contributed by atoms with Crippen molar-refractivity contribution in [1.29, 1.82) is 0 Å². The number of anilines is 1. The summed E-state index contributed by atoms with van der Waals surface area (Å²) in [5.41, 5.74) is 6.90. The lowest BCUT2D eigenvalue weighted by atomic mass is 10.1. The molecule has 110 valence electrons. The van der Waals surface area contributed by atoms with Crippen molar-refractivity contribution in [1.82, 2.24) is 9.80 Å². The molecule has 1 saturated heterocycles. The SMILES string of the molecule is COc1cccc(N)c1C(=O)N1CC(C)C(N(C)C)C1. The molecule has 2 unspecified atom stereocenters. The van der Waals surface area contributed by atoms with Crippen molar-refractivity contribution >= 4 is 11.6 Å². The van der Waals surface area contributed by atoms with Crippen LogP contribution in [0, 0.1) is 5.92 Å². The average molecular weight is 277 g/mol. The molecular formula is C15H23N3O2. The minimum atomic E-state index is -0.0452. The molecule has 2 N–H and O–H groups in total. The molecule has 2 atom stereocenters. The van der Waals surface area contributed by atoms with Crippen LogP contribution < -0.4 is 10.5 Å². The molecule has 0 aliphatic carbocycles. The van der Waals surface area contributed by atoms with Crippen LogP contribution in [0.15, 0.2) is 18.2 Å². The van der Waals surface area contributed by atoms with Gasteiger partial charge >= 0.3 is 0 Å². The summed E-state index contributed by atoms with van der Waals surface area (Å²) in [4.78, 5) is 16.7. The van der Waals surface area contributed by atoms with Gasteiger partial charge in [-0.25, -0.2) is 0 Å². The molecule has 1 amide bonds. The average Bonchev–Trinajstić information content (AvgIpc) is 2.80. The Kier molecular flexibility index (Phi) is 4.18. The van der Waals surface area contributed by atoms with Crippen LogP contribution in [0.5, 0.6) is 5.75 Å². The summed E-state index contributed by atoms with van der Waals surface area (Å²) in [7, 11) is 5.65. The summed E-state index contributed by atoms with van der Waals surface area (Å²) in [5, 5.41) is 0. The Hall–Kier alpha value is -1.75. The lowest BCUT2D eigenvalue weighted by Crippen LogP contribution is -2.36. The molecule has 0 aromatic heterocycles. The van der Waals surface area contributed by atoms with Crippen LogP contribution in [0.2, 0.25) is 0 Å². The quantitative estimate of drug-likeness (QED) is 0.846. The van der Waals surface area contributed by atoms with Crippen molar-refractivity contribution in [3.8, 4) is 5.75 Å². The second kappa shape index (κ2) is 5.71. The highest BCUT2D eigenvalue weighted by Gasteiger charge is 2.35. The molecule has 1 aliphatic rings. The number of amides is 1. The largest absolute Gasteiger partial charge is 0.496 e. The lowest BCUT2D eigenvalue weighted by molar-refractivity contribution is 0.0779.